The van der Waals surface area contributed by atoms with E-state index in [0.717, 1.165) is 6.42 Å². The first kappa shape index (κ1) is 17.4. The molecule has 0 saturated heterocycles. The van der Waals surface area contributed by atoms with Crippen LogP contribution in [0.1, 0.15) is 34.1 Å². The largest absolute Gasteiger partial charge is 0.466 e. The molecule has 0 aromatic rings. The number of rotatable bonds is 6. The van der Waals surface area contributed by atoms with Crippen LogP contribution in [0.15, 0.2) is 24.3 Å². The van der Waals surface area contributed by atoms with Crippen LogP contribution in [0, 0.1) is 10.8 Å². The van der Waals surface area contributed by atoms with E-state index in [1.54, 1.807) is 0 Å². The van der Waals surface area contributed by atoms with Crippen molar-refractivity contribution in [3.63, 3.8) is 0 Å². The van der Waals surface area contributed by atoms with Crippen LogP contribution in [-0.4, -0.2) is 26.2 Å². The molecule has 0 aliphatic carbocycles. The van der Waals surface area contributed by atoms with Gasteiger partial charge in [-0.2, -0.15) is 0 Å². The Balaban J connectivity index is 4.71. The Bertz CT molecular complexity index is 340. The Kier molecular flexibility index (Phi) is 6.53. The molecule has 0 heterocycles. The molecule has 0 saturated carbocycles. The van der Waals surface area contributed by atoms with Crippen molar-refractivity contribution >= 4 is 11.9 Å². The van der Waals surface area contributed by atoms with Crippen LogP contribution in [0.3, 0.4) is 0 Å². The smallest absolute Gasteiger partial charge is 0.330 e. The van der Waals surface area contributed by atoms with Gasteiger partial charge in [-0.3, -0.25) is 0 Å². The number of hydrogen-bond donors (Lipinski definition) is 0. The van der Waals surface area contributed by atoms with Gasteiger partial charge in [0.05, 0.1) is 14.2 Å². The van der Waals surface area contributed by atoms with E-state index < -0.39 is 0 Å². The van der Waals surface area contributed by atoms with Crippen LogP contribution in [-0.2, 0) is 19.1 Å². The summed E-state index contributed by atoms with van der Waals surface area (Å²) in [5.41, 5.74) is -0.365. The molecule has 4 heteroatoms. The summed E-state index contributed by atoms with van der Waals surface area (Å²) in [7, 11) is 2.70. The lowest BCUT2D eigenvalue weighted by molar-refractivity contribution is -0.135. The van der Waals surface area contributed by atoms with Crippen molar-refractivity contribution < 1.29 is 19.1 Å². The van der Waals surface area contributed by atoms with E-state index in [1.807, 2.05) is 39.8 Å². The Morgan fingerprint density at radius 2 is 1.16 bits per heavy atom. The zero-order valence-electron chi connectivity index (χ0n) is 12.6. The highest BCUT2D eigenvalue weighted by Gasteiger charge is 2.25. The number of esters is 2. The Labute approximate surface area is 115 Å². The third-order valence-corrected chi connectivity index (χ3v) is 2.65. The molecule has 19 heavy (non-hydrogen) atoms. The van der Waals surface area contributed by atoms with Crippen molar-refractivity contribution in [2.24, 2.45) is 10.8 Å². The summed E-state index contributed by atoms with van der Waals surface area (Å²) >= 11 is 0. The maximum atomic E-state index is 11.1. The summed E-state index contributed by atoms with van der Waals surface area (Å²) in [5, 5.41) is 0. The van der Waals surface area contributed by atoms with Crippen LogP contribution in [0.2, 0.25) is 0 Å². The van der Waals surface area contributed by atoms with Gasteiger partial charge in [-0.15, -0.1) is 0 Å². The highest BCUT2D eigenvalue weighted by Crippen LogP contribution is 2.35. The molecular weight excluding hydrogens is 244 g/mol. The van der Waals surface area contributed by atoms with Crippen molar-refractivity contribution in [3.05, 3.63) is 24.3 Å². The zero-order chi connectivity index (χ0) is 15.1. The van der Waals surface area contributed by atoms with Crippen LogP contribution >= 0.6 is 0 Å². The summed E-state index contributed by atoms with van der Waals surface area (Å²) in [6.45, 7) is 8.11. The highest BCUT2D eigenvalue weighted by molar-refractivity contribution is 5.82. The second-order valence-corrected chi connectivity index (χ2v) is 5.87. The second kappa shape index (κ2) is 7.12. The number of ether oxygens (including phenoxy) is 2. The quantitative estimate of drug-likeness (QED) is 0.549. The van der Waals surface area contributed by atoms with Crippen molar-refractivity contribution in [2.75, 3.05) is 14.2 Å². The maximum Gasteiger partial charge on any atom is 0.330 e. The van der Waals surface area contributed by atoms with Gasteiger partial charge >= 0.3 is 11.9 Å². The van der Waals surface area contributed by atoms with Gasteiger partial charge in [-0.1, -0.05) is 39.8 Å². The predicted molar refractivity (Wildman–Crippen MR) is 74.5 cm³/mol. The molecule has 0 rings (SSSR count). The van der Waals surface area contributed by atoms with E-state index >= 15 is 0 Å². The lowest BCUT2D eigenvalue weighted by atomic mass is 9.75. The van der Waals surface area contributed by atoms with Gasteiger partial charge in [0.15, 0.2) is 0 Å². The van der Waals surface area contributed by atoms with Crippen molar-refractivity contribution in [2.45, 2.75) is 34.1 Å². The molecule has 0 radical (unpaired) electrons. The predicted octanol–water partition coefficient (Wildman–Crippen LogP) is 2.89. The van der Waals surface area contributed by atoms with Crippen molar-refractivity contribution in [1.82, 2.24) is 0 Å². The summed E-state index contributed by atoms with van der Waals surface area (Å²) < 4.78 is 9.14. The van der Waals surface area contributed by atoms with E-state index in [0.29, 0.717) is 0 Å². The number of methoxy groups -OCH3 is 2. The van der Waals surface area contributed by atoms with E-state index in [9.17, 15) is 9.59 Å². The minimum atomic E-state index is -0.365. The van der Waals surface area contributed by atoms with Crippen LogP contribution in [0.5, 0.6) is 0 Å². The van der Waals surface area contributed by atoms with Crippen molar-refractivity contribution in [1.29, 1.82) is 0 Å². The summed E-state index contributed by atoms with van der Waals surface area (Å²) in [6.07, 6.45) is 7.29. The Morgan fingerprint density at radius 1 is 0.842 bits per heavy atom. The standard InChI is InChI=1S/C15H24O4/c1-14(2,9-7-12(16)18-5)11-15(3,4)10-8-13(17)19-6/h7-10H,11H2,1-6H3/b9-7+,10-8+. The average Bonchev–Trinajstić information content (AvgIpc) is 2.31. The summed E-state index contributed by atoms with van der Waals surface area (Å²) in [5.74, 6) is -0.730. The topological polar surface area (TPSA) is 52.6 Å². The third-order valence-electron chi connectivity index (χ3n) is 2.65. The van der Waals surface area contributed by atoms with Gasteiger partial charge in [0.25, 0.3) is 0 Å². The highest BCUT2D eigenvalue weighted by atomic mass is 16.5. The van der Waals surface area contributed by atoms with Crippen LogP contribution in [0.4, 0.5) is 0 Å². The number of carbonyl (C=O) groups excluding carboxylic acids is 2. The van der Waals surface area contributed by atoms with Gasteiger partial charge in [0.2, 0.25) is 0 Å². The molecule has 0 aliphatic rings. The summed E-state index contributed by atoms with van der Waals surface area (Å²) in [6, 6.07) is 0. The second-order valence-electron chi connectivity index (χ2n) is 5.87. The van der Waals surface area contributed by atoms with E-state index in [2.05, 4.69) is 9.47 Å². The normalized spacial score (nSPS) is 12.9. The molecule has 0 N–H and O–H groups in total. The number of allylic oxidation sites excluding steroid dienone is 2. The zero-order valence-corrected chi connectivity index (χ0v) is 12.6. The maximum absolute atomic E-state index is 11.1. The van der Waals surface area contributed by atoms with Crippen LogP contribution in [0.25, 0.3) is 0 Å². The van der Waals surface area contributed by atoms with E-state index in [-0.39, 0.29) is 22.8 Å². The van der Waals surface area contributed by atoms with Gasteiger partial charge in [-0.25, -0.2) is 9.59 Å². The first-order chi connectivity index (χ1) is 8.62. The molecule has 0 aromatic carbocycles. The van der Waals surface area contributed by atoms with Gasteiger partial charge in [-0.05, 0) is 17.3 Å². The van der Waals surface area contributed by atoms with Crippen molar-refractivity contribution in [3.8, 4) is 0 Å². The molecule has 0 aliphatic heterocycles. The Hall–Kier alpha value is -1.58. The average molecular weight is 268 g/mol. The minimum Gasteiger partial charge on any atom is -0.466 e. The first-order valence-electron chi connectivity index (χ1n) is 6.16. The third kappa shape index (κ3) is 8.19. The molecule has 0 amide bonds. The molecule has 108 valence electrons. The molecule has 0 aromatic heterocycles. The fourth-order valence-corrected chi connectivity index (χ4v) is 2.02. The van der Waals surface area contributed by atoms with Crippen LogP contribution < -0.4 is 0 Å². The SMILES string of the molecule is COC(=O)/C=C/C(C)(C)CC(C)(C)/C=C/C(=O)OC. The fourth-order valence-electron chi connectivity index (χ4n) is 2.02. The molecular formula is C15H24O4. The minimum absolute atomic E-state index is 0.182. The lowest BCUT2D eigenvalue weighted by Gasteiger charge is -2.30. The summed E-state index contributed by atoms with van der Waals surface area (Å²) in [4.78, 5) is 22.2. The molecule has 0 spiro atoms. The fraction of sp³-hybridized carbons (Fsp3) is 0.600. The molecule has 0 fully saturated rings. The molecule has 0 atom stereocenters. The number of hydrogen-bond acceptors (Lipinski definition) is 4. The van der Waals surface area contributed by atoms with E-state index in [1.165, 1.54) is 26.4 Å². The Morgan fingerprint density at radius 3 is 1.42 bits per heavy atom. The van der Waals surface area contributed by atoms with Gasteiger partial charge < -0.3 is 9.47 Å². The van der Waals surface area contributed by atoms with E-state index in [4.69, 9.17) is 0 Å². The molecule has 0 bridgehead atoms. The lowest BCUT2D eigenvalue weighted by Crippen LogP contribution is -2.20. The molecule has 0 unspecified atom stereocenters. The van der Waals surface area contributed by atoms with Gasteiger partial charge in [0.1, 0.15) is 0 Å². The first-order valence-corrected chi connectivity index (χ1v) is 6.16. The molecule has 4 nitrogen and oxygen atoms in total. The van der Waals surface area contributed by atoms with Gasteiger partial charge in [0, 0.05) is 12.2 Å². The number of carbonyl (C=O) groups is 2. The monoisotopic (exact) mass is 268 g/mol.